The molecule has 144 valence electrons. The van der Waals surface area contributed by atoms with E-state index >= 15 is 0 Å². The molecule has 3 aromatic heterocycles. The third kappa shape index (κ3) is 3.76. The number of carbonyl (C=O) groups excluding carboxylic acids is 1. The number of aryl methyl sites for hydroxylation is 3. The van der Waals surface area contributed by atoms with Crippen LogP contribution in [0.3, 0.4) is 0 Å². The molecule has 0 atom stereocenters. The zero-order valence-corrected chi connectivity index (χ0v) is 16.6. The minimum atomic E-state index is -0.502. The van der Waals surface area contributed by atoms with Crippen molar-refractivity contribution in [2.45, 2.75) is 40.5 Å². The van der Waals surface area contributed by atoms with Crippen molar-refractivity contribution in [3.8, 4) is 0 Å². The number of anilines is 1. The van der Waals surface area contributed by atoms with Crippen LogP contribution in [0.4, 0.5) is 6.01 Å². The van der Waals surface area contributed by atoms with Crippen LogP contribution in [0.25, 0.3) is 16.7 Å². The molecular formula is C22H24N4O2. The van der Waals surface area contributed by atoms with E-state index in [1.807, 2.05) is 49.6 Å². The minimum Gasteiger partial charge on any atom is -0.423 e. The van der Waals surface area contributed by atoms with Crippen LogP contribution in [0.2, 0.25) is 0 Å². The van der Waals surface area contributed by atoms with Gasteiger partial charge < -0.3 is 8.82 Å². The van der Waals surface area contributed by atoms with Gasteiger partial charge in [-0.3, -0.25) is 10.1 Å². The third-order valence-corrected chi connectivity index (χ3v) is 4.69. The molecule has 0 aliphatic heterocycles. The smallest absolute Gasteiger partial charge is 0.302 e. The summed E-state index contributed by atoms with van der Waals surface area (Å²) in [6.07, 6.45) is 5.80. The van der Waals surface area contributed by atoms with Crippen LogP contribution in [0.1, 0.15) is 37.6 Å². The average molecular weight is 376 g/mol. The molecule has 6 nitrogen and oxygen atoms in total. The van der Waals surface area contributed by atoms with E-state index in [0.29, 0.717) is 5.58 Å². The monoisotopic (exact) mass is 376 g/mol. The Morgan fingerprint density at radius 1 is 1.14 bits per heavy atom. The second-order valence-electron chi connectivity index (χ2n) is 8.23. The lowest BCUT2D eigenvalue weighted by Crippen LogP contribution is -2.27. The SMILES string of the molecule is Cc1ccn2cc(CCc3ccc4nc(NC(=O)C(C)(C)C)oc4c3)nc2c1. The Labute approximate surface area is 163 Å². The Balaban J connectivity index is 1.48. The van der Waals surface area contributed by atoms with Crippen molar-refractivity contribution in [1.82, 2.24) is 14.4 Å². The molecule has 0 saturated carbocycles. The number of hydrogen-bond acceptors (Lipinski definition) is 4. The maximum atomic E-state index is 12.1. The van der Waals surface area contributed by atoms with Crippen LogP contribution in [0.5, 0.6) is 0 Å². The lowest BCUT2D eigenvalue weighted by molar-refractivity contribution is -0.123. The molecular weight excluding hydrogens is 352 g/mol. The zero-order chi connectivity index (χ0) is 19.9. The van der Waals surface area contributed by atoms with E-state index in [0.717, 1.165) is 35.3 Å². The molecule has 6 heteroatoms. The summed E-state index contributed by atoms with van der Waals surface area (Å²) in [7, 11) is 0. The molecule has 3 heterocycles. The summed E-state index contributed by atoms with van der Waals surface area (Å²) in [6.45, 7) is 7.62. The van der Waals surface area contributed by atoms with Crippen molar-refractivity contribution in [3.63, 3.8) is 0 Å². The number of rotatable bonds is 4. The largest absolute Gasteiger partial charge is 0.423 e. The molecule has 0 aliphatic carbocycles. The number of fused-ring (bicyclic) bond motifs is 2. The molecule has 0 unspecified atom stereocenters. The molecule has 0 fully saturated rings. The standard InChI is InChI=1S/C22H24N4O2/c1-14-9-10-26-13-16(23-19(26)11-14)7-5-15-6-8-17-18(12-15)28-21(24-17)25-20(27)22(2,3)4/h6,8-13H,5,7H2,1-4H3,(H,24,25,27). The summed E-state index contributed by atoms with van der Waals surface area (Å²) in [5.74, 6) is -0.124. The van der Waals surface area contributed by atoms with Crippen molar-refractivity contribution in [2.24, 2.45) is 5.41 Å². The lowest BCUT2D eigenvalue weighted by atomic mass is 9.96. The first-order chi connectivity index (χ1) is 13.3. The van der Waals surface area contributed by atoms with Gasteiger partial charge in [-0.2, -0.15) is 4.98 Å². The Morgan fingerprint density at radius 2 is 1.96 bits per heavy atom. The highest BCUT2D eigenvalue weighted by atomic mass is 16.4. The van der Waals surface area contributed by atoms with Crippen LogP contribution in [-0.2, 0) is 17.6 Å². The van der Waals surface area contributed by atoms with E-state index in [9.17, 15) is 4.79 Å². The highest BCUT2D eigenvalue weighted by molar-refractivity contribution is 5.93. The first-order valence-electron chi connectivity index (χ1n) is 9.43. The van der Waals surface area contributed by atoms with Crippen LogP contribution >= 0.6 is 0 Å². The fourth-order valence-electron chi connectivity index (χ4n) is 2.99. The first kappa shape index (κ1) is 18.2. The van der Waals surface area contributed by atoms with E-state index in [1.54, 1.807) is 0 Å². The van der Waals surface area contributed by atoms with E-state index < -0.39 is 5.41 Å². The molecule has 1 amide bonds. The number of benzene rings is 1. The molecule has 4 aromatic rings. The van der Waals surface area contributed by atoms with Gasteiger partial charge in [0, 0.05) is 17.8 Å². The second-order valence-corrected chi connectivity index (χ2v) is 8.23. The van der Waals surface area contributed by atoms with Gasteiger partial charge >= 0.3 is 6.01 Å². The van der Waals surface area contributed by atoms with E-state index in [4.69, 9.17) is 9.40 Å². The van der Waals surface area contributed by atoms with Crippen molar-refractivity contribution >= 4 is 28.7 Å². The maximum Gasteiger partial charge on any atom is 0.302 e. The van der Waals surface area contributed by atoms with Gasteiger partial charge in [0.2, 0.25) is 5.91 Å². The number of aromatic nitrogens is 3. The zero-order valence-electron chi connectivity index (χ0n) is 16.6. The molecule has 0 saturated heterocycles. The topological polar surface area (TPSA) is 72.4 Å². The maximum absolute atomic E-state index is 12.1. The second kappa shape index (κ2) is 6.78. The number of nitrogens with zero attached hydrogens (tertiary/aromatic N) is 3. The molecule has 4 rings (SSSR count). The summed E-state index contributed by atoms with van der Waals surface area (Å²) >= 11 is 0. The van der Waals surface area contributed by atoms with Crippen LogP contribution in [0, 0.1) is 12.3 Å². The molecule has 1 aromatic carbocycles. The number of amides is 1. The molecule has 0 bridgehead atoms. The van der Waals surface area contributed by atoms with Crippen LogP contribution in [0.15, 0.2) is 47.1 Å². The highest BCUT2D eigenvalue weighted by Gasteiger charge is 2.23. The molecule has 0 spiro atoms. The van der Waals surface area contributed by atoms with E-state index in [-0.39, 0.29) is 11.9 Å². The number of carbonyl (C=O) groups is 1. The van der Waals surface area contributed by atoms with E-state index in [1.165, 1.54) is 5.56 Å². The Kier molecular flexibility index (Phi) is 4.41. The van der Waals surface area contributed by atoms with Gasteiger partial charge in [-0.1, -0.05) is 26.8 Å². The summed E-state index contributed by atoms with van der Waals surface area (Å²) < 4.78 is 7.77. The van der Waals surface area contributed by atoms with Gasteiger partial charge in [-0.05, 0) is 55.2 Å². The normalized spacial score (nSPS) is 12.0. The van der Waals surface area contributed by atoms with E-state index in [2.05, 4.69) is 35.6 Å². The Morgan fingerprint density at radius 3 is 2.75 bits per heavy atom. The predicted molar refractivity (Wildman–Crippen MR) is 109 cm³/mol. The fourth-order valence-corrected chi connectivity index (χ4v) is 2.99. The first-order valence-corrected chi connectivity index (χ1v) is 9.43. The van der Waals surface area contributed by atoms with Crippen molar-refractivity contribution in [2.75, 3.05) is 5.32 Å². The molecule has 0 aliphatic rings. The lowest BCUT2D eigenvalue weighted by Gasteiger charge is -2.15. The Bertz CT molecular complexity index is 1160. The van der Waals surface area contributed by atoms with Crippen LogP contribution < -0.4 is 5.32 Å². The number of hydrogen-bond donors (Lipinski definition) is 1. The van der Waals surface area contributed by atoms with Crippen molar-refractivity contribution in [3.05, 3.63) is 59.5 Å². The number of imidazole rings is 1. The number of nitrogens with one attached hydrogen (secondary N) is 1. The van der Waals surface area contributed by atoms with Gasteiger partial charge in [0.1, 0.15) is 11.2 Å². The quantitative estimate of drug-likeness (QED) is 0.567. The summed E-state index contributed by atoms with van der Waals surface area (Å²) in [5.41, 5.74) is 5.28. The van der Waals surface area contributed by atoms with Gasteiger partial charge in [-0.15, -0.1) is 0 Å². The van der Waals surface area contributed by atoms with Gasteiger partial charge in [0.05, 0.1) is 5.69 Å². The van der Waals surface area contributed by atoms with Gasteiger partial charge in [0.25, 0.3) is 0 Å². The summed E-state index contributed by atoms with van der Waals surface area (Å²) in [4.78, 5) is 21.2. The van der Waals surface area contributed by atoms with Crippen molar-refractivity contribution < 1.29 is 9.21 Å². The fraction of sp³-hybridized carbons (Fsp3) is 0.318. The summed E-state index contributed by atoms with van der Waals surface area (Å²) in [5, 5.41) is 2.74. The third-order valence-electron chi connectivity index (χ3n) is 4.69. The number of pyridine rings is 1. The number of oxazole rings is 1. The highest BCUT2D eigenvalue weighted by Crippen LogP contribution is 2.23. The summed E-state index contributed by atoms with van der Waals surface area (Å²) in [6, 6.07) is 10.3. The minimum absolute atomic E-state index is 0.124. The van der Waals surface area contributed by atoms with Crippen LogP contribution in [-0.4, -0.2) is 20.3 Å². The molecule has 0 radical (unpaired) electrons. The molecule has 28 heavy (non-hydrogen) atoms. The Hall–Kier alpha value is -3.15. The van der Waals surface area contributed by atoms with Crippen molar-refractivity contribution in [1.29, 1.82) is 0 Å². The predicted octanol–water partition coefficient (Wildman–Crippen LogP) is 4.55. The van der Waals surface area contributed by atoms with Gasteiger partial charge in [-0.25, -0.2) is 4.98 Å². The molecule has 1 N–H and O–H groups in total. The van der Waals surface area contributed by atoms with Gasteiger partial charge in [0.15, 0.2) is 5.58 Å². The average Bonchev–Trinajstić information content (AvgIpc) is 3.20.